The molecule has 0 spiro atoms. The predicted molar refractivity (Wildman–Crippen MR) is 79.3 cm³/mol. The van der Waals surface area contributed by atoms with Crippen LogP contribution in [0.15, 0.2) is 29.6 Å². The van der Waals surface area contributed by atoms with Crippen molar-refractivity contribution < 1.29 is 18.3 Å². The maximum absolute atomic E-state index is 12.7. The van der Waals surface area contributed by atoms with Crippen LogP contribution in [0.5, 0.6) is 5.75 Å². The van der Waals surface area contributed by atoms with Crippen molar-refractivity contribution in [1.29, 1.82) is 0 Å². The number of ether oxygens (including phenoxy) is 1. The van der Waals surface area contributed by atoms with Crippen molar-refractivity contribution in [1.82, 2.24) is 9.38 Å². The molecule has 0 unspecified atom stereocenters. The van der Waals surface area contributed by atoms with Crippen molar-refractivity contribution in [3.63, 3.8) is 0 Å². The number of hydrogen-bond acceptors (Lipinski definition) is 5. The molecule has 6 nitrogen and oxygen atoms in total. The van der Waals surface area contributed by atoms with Crippen LogP contribution < -0.4 is 4.74 Å². The fourth-order valence-corrected chi connectivity index (χ4v) is 3.07. The summed E-state index contributed by atoms with van der Waals surface area (Å²) in [6.07, 6.45) is 4.07. The van der Waals surface area contributed by atoms with Crippen molar-refractivity contribution in [2.24, 2.45) is 0 Å². The molecule has 2 aromatic rings. The van der Waals surface area contributed by atoms with Crippen molar-refractivity contribution in [3.05, 3.63) is 24.7 Å². The van der Waals surface area contributed by atoms with Gasteiger partial charge in [0.15, 0.2) is 9.84 Å². The number of aliphatic hydroxyl groups excluding tert-OH is 1. The van der Waals surface area contributed by atoms with Crippen LogP contribution >= 0.6 is 0 Å². The lowest BCUT2D eigenvalue weighted by Gasteiger charge is -2.22. The van der Waals surface area contributed by atoms with E-state index in [1.54, 1.807) is 50.6 Å². The molecule has 0 fully saturated rings. The number of nitrogens with zero attached hydrogens (tertiary/aromatic N) is 2. The van der Waals surface area contributed by atoms with Gasteiger partial charge in [-0.15, -0.1) is 0 Å². The highest BCUT2D eigenvalue weighted by molar-refractivity contribution is 7.92. The third-order valence-corrected chi connectivity index (χ3v) is 5.53. The highest BCUT2D eigenvalue weighted by Crippen LogP contribution is 2.32. The zero-order valence-corrected chi connectivity index (χ0v) is 13.4. The topological polar surface area (TPSA) is 80.9 Å². The minimum absolute atomic E-state index is 0.0174. The molecule has 0 bridgehead atoms. The molecule has 0 saturated carbocycles. The van der Waals surface area contributed by atoms with Gasteiger partial charge >= 0.3 is 0 Å². The van der Waals surface area contributed by atoms with Gasteiger partial charge in [-0.3, -0.25) is 0 Å². The van der Waals surface area contributed by atoms with E-state index in [2.05, 4.69) is 4.98 Å². The van der Waals surface area contributed by atoms with E-state index in [1.807, 2.05) is 0 Å². The Bertz CT molecular complexity index is 742. The number of rotatable bonds is 4. The maximum atomic E-state index is 12.7. The first-order chi connectivity index (χ1) is 9.63. The van der Waals surface area contributed by atoms with Crippen LogP contribution in [0.1, 0.15) is 27.7 Å². The Balaban J connectivity index is 2.61. The van der Waals surface area contributed by atoms with Gasteiger partial charge in [0, 0.05) is 24.7 Å². The summed E-state index contributed by atoms with van der Waals surface area (Å²) in [5.41, 5.74) is 0.587. The summed E-state index contributed by atoms with van der Waals surface area (Å²) < 4.78 is 31.6. The van der Waals surface area contributed by atoms with Gasteiger partial charge in [0.05, 0.1) is 10.9 Å². The van der Waals surface area contributed by atoms with E-state index >= 15 is 0 Å². The first kappa shape index (κ1) is 15.8. The number of hydrogen-bond donors (Lipinski definition) is 1. The van der Waals surface area contributed by atoms with Crippen LogP contribution in [0.25, 0.3) is 5.65 Å². The van der Waals surface area contributed by atoms with Crippen molar-refractivity contribution >= 4 is 15.5 Å². The van der Waals surface area contributed by atoms with Gasteiger partial charge in [0.25, 0.3) is 0 Å². The quantitative estimate of drug-likeness (QED) is 0.928. The van der Waals surface area contributed by atoms with Crippen LogP contribution in [-0.2, 0) is 9.84 Å². The first-order valence-electron chi connectivity index (χ1n) is 6.65. The van der Waals surface area contributed by atoms with Gasteiger partial charge in [-0.05, 0) is 27.7 Å². The van der Waals surface area contributed by atoms with E-state index in [-0.39, 0.29) is 17.3 Å². The van der Waals surface area contributed by atoms with E-state index < -0.39 is 20.7 Å². The van der Waals surface area contributed by atoms with Gasteiger partial charge in [-0.1, -0.05) is 0 Å². The molecule has 0 aliphatic rings. The minimum atomic E-state index is -3.58. The van der Waals surface area contributed by atoms with Crippen LogP contribution in [0, 0.1) is 0 Å². The van der Waals surface area contributed by atoms with Gasteiger partial charge in [0.1, 0.15) is 22.9 Å². The van der Waals surface area contributed by atoms with Crippen molar-refractivity contribution in [3.8, 4) is 5.75 Å². The van der Waals surface area contributed by atoms with Crippen LogP contribution in [-0.4, -0.2) is 40.4 Å². The molecule has 0 amide bonds. The highest BCUT2D eigenvalue weighted by atomic mass is 32.2. The van der Waals surface area contributed by atoms with Crippen LogP contribution in [0.3, 0.4) is 0 Å². The molecule has 0 aliphatic heterocycles. The average Bonchev–Trinajstić information content (AvgIpc) is 2.80. The molecule has 0 radical (unpaired) electrons. The molecular formula is C14H20N2O4S. The zero-order chi connectivity index (χ0) is 15.8. The van der Waals surface area contributed by atoms with Crippen molar-refractivity contribution in [2.45, 2.75) is 43.4 Å². The second-order valence-corrected chi connectivity index (χ2v) is 8.64. The Morgan fingerprint density at radius 1 is 1.43 bits per heavy atom. The summed E-state index contributed by atoms with van der Waals surface area (Å²) in [5, 5.41) is 9.35. The lowest BCUT2D eigenvalue weighted by Crippen LogP contribution is -2.29. The van der Waals surface area contributed by atoms with E-state index in [0.717, 1.165) is 0 Å². The molecule has 0 saturated heterocycles. The normalized spacial score (nSPS) is 14.3. The lowest BCUT2D eigenvalue weighted by atomic mass is 10.3. The number of imidazole rings is 1. The number of aliphatic hydroxyl groups is 1. The Kier molecular flexibility index (Phi) is 3.99. The summed E-state index contributed by atoms with van der Waals surface area (Å²) in [6, 6.07) is 1.57. The largest absolute Gasteiger partial charge is 0.489 e. The van der Waals surface area contributed by atoms with Crippen molar-refractivity contribution in [2.75, 3.05) is 6.61 Å². The molecule has 0 aromatic carbocycles. The predicted octanol–water partition coefficient (Wildman–Crippen LogP) is 1.67. The third kappa shape index (κ3) is 3.03. The Morgan fingerprint density at radius 3 is 2.67 bits per heavy atom. The molecule has 7 heteroatoms. The second kappa shape index (κ2) is 5.31. The molecule has 1 atom stereocenters. The molecule has 2 heterocycles. The van der Waals surface area contributed by atoms with Gasteiger partial charge < -0.3 is 14.2 Å². The van der Waals surface area contributed by atoms with E-state index in [0.29, 0.717) is 5.65 Å². The molecule has 0 aliphatic carbocycles. The number of fused-ring (bicyclic) bond motifs is 1. The molecule has 1 N–H and O–H groups in total. The van der Waals surface area contributed by atoms with E-state index in [1.165, 1.54) is 6.20 Å². The molecule has 2 aromatic heterocycles. The first-order valence-corrected chi connectivity index (χ1v) is 8.13. The monoisotopic (exact) mass is 312 g/mol. The fraction of sp³-hybridized carbons (Fsp3) is 0.500. The SMILES string of the molecule is C[C@H](O)COc1cc2nccn2cc1S(=O)(=O)C(C)(C)C. The molecule has 21 heavy (non-hydrogen) atoms. The van der Waals surface area contributed by atoms with Gasteiger partial charge in [-0.2, -0.15) is 0 Å². The number of aromatic nitrogens is 2. The molecule has 116 valence electrons. The maximum Gasteiger partial charge on any atom is 0.188 e. The smallest absolute Gasteiger partial charge is 0.188 e. The zero-order valence-electron chi connectivity index (χ0n) is 12.6. The second-order valence-electron chi connectivity index (χ2n) is 5.97. The van der Waals surface area contributed by atoms with E-state index in [4.69, 9.17) is 4.74 Å². The third-order valence-electron chi connectivity index (χ3n) is 3.03. The number of sulfone groups is 1. The summed E-state index contributed by atoms with van der Waals surface area (Å²) in [4.78, 5) is 4.22. The van der Waals surface area contributed by atoms with E-state index in [9.17, 15) is 13.5 Å². The molecular weight excluding hydrogens is 292 g/mol. The molecule has 2 rings (SSSR count). The average molecular weight is 312 g/mol. The summed E-state index contributed by atoms with van der Waals surface area (Å²) in [5.74, 6) is 0.213. The standard InChI is InChI=1S/C14H20N2O4S/c1-10(17)9-20-11-7-13-15-5-6-16(13)8-12(11)21(18,19)14(2,3)4/h5-8,10,17H,9H2,1-4H3/t10-/m0/s1. The minimum Gasteiger partial charge on any atom is -0.489 e. The summed E-state index contributed by atoms with van der Waals surface area (Å²) in [6.45, 7) is 6.51. The number of pyridine rings is 1. The Labute approximate surface area is 124 Å². The Hall–Kier alpha value is -1.60. The Morgan fingerprint density at radius 2 is 2.10 bits per heavy atom. The highest BCUT2D eigenvalue weighted by Gasteiger charge is 2.34. The lowest BCUT2D eigenvalue weighted by molar-refractivity contribution is 0.121. The van der Waals surface area contributed by atoms with Gasteiger partial charge in [0.2, 0.25) is 0 Å². The van der Waals surface area contributed by atoms with Crippen LogP contribution in [0.2, 0.25) is 0 Å². The fourth-order valence-electron chi connectivity index (χ4n) is 1.78. The summed E-state index contributed by atoms with van der Waals surface area (Å²) >= 11 is 0. The van der Waals surface area contributed by atoms with Crippen LogP contribution in [0.4, 0.5) is 0 Å². The summed E-state index contributed by atoms with van der Waals surface area (Å²) in [7, 11) is -3.58. The van der Waals surface area contributed by atoms with Gasteiger partial charge in [-0.25, -0.2) is 13.4 Å².